The SMILES string of the molecule is CC(=O)c1ccc(O[C@@H](C)C(=O)NCCCCOc2ccccc2)cc1. The average molecular weight is 355 g/mol. The number of carbonyl (C=O) groups is 2. The van der Waals surface area contributed by atoms with E-state index >= 15 is 0 Å². The third kappa shape index (κ3) is 6.59. The minimum Gasteiger partial charge on any atom is -0.494 e. The van der Waals surface area contributed by atoms with Crippen LogP contribution < -0.4 is 14.8 Å². The van der Waals surface area contributed by atoms with Gasteiger partial charge in [-0.15, -0.1) is 0 Å². The van der Waals surface area contributed by atoms with E-state index in [1.807, 2.05) is 30.3 Å². The van der Waals surface area contributed by atoms with Crippen LogP contribution in [0, 0.1) is 0 Å². The molecular formula is C21H25NO4. The fourth-order valence-corrected chi connectivity index (χ4v) is 2.31. The predicted molar refractivity (Wildman–Crippen MR) is 101 cm³/mol. The van der Waals surface area contributed by atoms with Gasteiger partial charge in [0.25, 0.3) is 5.91 Å². The smallest absolute Gasteiger partial charge is 0.260 e. The summed E-state index contributed by atoms with van der Waals surface area (Å²) in [6.07, 6.45) is 1.09. The summed E-state index contributed by atoms with van der Waals surface area (Å²) in [6.45, 7) is 4.41. The van der Waals surface area contributed by atoms with Gasteiger partial charge in [-0.25, -0.2) is 0 Å². The fraction of sp³-hybridized carbons (Fsp3) is 0.333. The van der Waals surface area contributed by atoms with Gasteiger partial charge >= 0.3 is 0 Å². The van der Waals surface area contributed by atoms with Crippen molar-refractivity contribution < 1.29 is 19.1 Å². The highest BCUT2D eigenvalue weighted by Crippen LogP contribution is 2.14. The Morgan fingerprint density at radius 1 is 0.962 bits per heavy atom. The number of rotatable bonds is 10. The van der Waals surface area contributed by atoms with Crippen LogP contribution >= 0.6 is 0 Å². The summed E-state index contributed by atoms with van der Waals surface area (Å²) in [4.78, 5) is 23.3. The van der Waals surface area contributed by atoms with Crippen molar-refractivity contribution in [1.29, 1.82) is 0 Å². The molecule has 0 saturated carbocycles. The maximum Gasteiger partial charge on any atom is 0.260 e. The first-order chi connectivity index (χ1) is 12.6. The zero-order valence-electron chi connectivity index (χ0n) is 15.2. The summed E-state index contributed by atoms with van der Waals surface area (Å²) in [5.41, 5.74) is 0.618. The van der Waals surface area contributed by atoms with Gasteiger partial charge in [-0.2, -0.15) is 0 Å². The fourth-order valence-electron chi connectivity index (χ4n) is 2.31. The Balaban J connectivity index is 1.61. The lowest BCUT2D eigenvalue weighted by Crippen LogP contribution is -2.36. The van der Waals surface area contributed by atoms with E-state index in [2.05, 4.69) is 5.32 Å². The third-order valence-electron chi connectivity index (χ3n) is 3.83. The zero-order valence-corrected chi connectivity index (χ0v) is 15.2. The molecule has 0 aliphatic carbocycles. The van der Waals surface area contributed by atoms with Crippen LogP contribution in [0.3, 0.4) is 0 Å². The summed E-state index contributed by atoms with van der Waals surface area (Å²) in [7, 11) is 0. The number of unbranched alkanes of at least 4 members (excludes halogenated alkanes) is 1. The zero-order chi connectivity index (χ0) is 18.8. The van der Waals surface area contributed by atoms with E-state index in [-0.39, 0.29) is 11.7 Å². The van der Waals surface area contributed by atoms with E-state index in [9.17, 15) is 9.59 Å². The van der Waals surface area contributed by atoms with Gasteiger partial charge in [-0.3, -0.25) is 9.59 Å². The molecule has 0 fully saturated rings. The standard InChI is InChI=1S/C21H25NO4/c1-16(23)18-10-12-20(13-11-18)26-17(2)21(24)22-14-6-7-15-25-19-8-4-3-5-9-19/h3-5,8-13,17H,6-7,14-15H2,1-2H3,(H,22,24)/t17-/m0/s1. The van der Waals surface area contributed by atoms with Gasteiger partial charge in [0.1, 0.15) is 11.5 Å². The Labute approximate surface area is 154 Å². The number of para-hydroxylation sites is 1. The molecule has 1 N–H and O–H groups in total. The molecule has 5 heteroatoms. The lowest BCUT2D eigenvalue weighted by atomic mass is 10.1. The highest BCUT2D eigenvalue weighted by molar-refractivity contribution is 5.94. The Morgan fingerprint density at radius 3 is 2.31 bits per heavy atom. The minimum atomic E-state index is -0.598. The minimum absolute atomic E-state index is 0.00131. The number of hydrogen-bond acceptors (Lipinski definition) is 4. The first-order valence-corrected chi connectivity index (χ1v) is 8.79. The van der Waals surface area contributed by atoms with Crippen molar-refractivity contribution in [2.24, 2.45) is 0 Å². The third-order valence-corrected chi connectivity index (χ3v) is 3.83. The van der Waals surface area contributed by atoms with Crippen molar-refractivity contribution in [3.8, 4) is 11.5 Å². The normalized spacial score (nSPS) is 11.5. The Kier molecular flexibility index (Phi) is 7.68. The average Bonchev–Trinajstić information content (AvgIpc) is 2.65. The van der Waals surface area contributed by atoms with Crippen LogP contribution in [-0.4, -0.2) is 30.9 Å². The van der Waals surface area contributed by atoms with Crippen LogP contribution in [0.25, 0.3) is 0 Å². The Bertz CT molecular complexity index is 698. The summed E-state index contributed by atoms with van der Waals surface area (Å²) in [5, 5.41) is 2.86. The van der Waals surface area contributed by atoms with Crippen molar-refractivity contribution in [3.05, 3.63) is 60.2 Å². The number of hydrogen-bond donors (Lipinski definition) is 1. The molecule has 1 amide bonds. The van der Waals surface area contributed by atoms with E-state index in [1.165, 1.54) is 6.92 Å². The van der Waals surface area contributed by atoms with Crippen molar-refractivity contribution in [2.45, 2.75) is 32.8 Å². The Hall–Kier alpha value is -2.82. The molecule has 2 aromatic carbocycles. The van der Waals surface area contributed by atoms with Crippen LogP contribution in [0.4, 0.5) is 0 Å². The Morgan fingerprint density at radius 2 is 1.65 bits per heavy atom. The number of ether oxygens (including phenoxy) is 2. The molecular weight excluding hydrogens is 330 g/mol. The second-order valence-corrected chi connectivity index (χ2v) is 6.00. The summed E-state index contributed by atoms with van der Waals surface area (Å²) in [6, 6.07) is 16.4. The van der Waals surface area contributed by atoms with Crippen LogP contribution in [0.1, 0.15) is 37.0 Å². The topological polar surface area (TPSA) is 64.6 Å². The molecule has 0 unspecified atom stereocenters. The number of Topliss-reactive ketones (excluding diaryl/α,β-unsaturated/α-hetero) is 1. The van der Waals surface area contributed by atoms with Crippen LogP contribution in [0.15, 0.2) is 54.6 Å². The molecule has 2 aromatic rings. The second-order valence-electron chi connectivity index (χ2n) is 6.00. The van der Waals surface area contributed by atoms with Crippen LogP contribution in [0.5, 0.6) is 11.5 Å². The molecule has 5 nitrogen and oxygen atoms in total. The summed E-state index contributed by atoms with van der Waals surface area (Å²) >= 11 is 0. The highest BCUT2D eigenvalue weighted by atomic mass is 16.5. The quantitative estimate of drug-likeness (QED) is 0.522. The van der Waals surface area contributed by atoms with Crippen LogP contribution in [-0.2, 0) is 4.79 Å². The first-order valence-electron chi connectivity index (χ1n) is 8.79. The van der Waals surface area contributed by atoms with Gasteiger partial charge in [0.2, 0.25) is 0 Å². The van der Waals surface area contributed by atoms with Gasteiger partial charge < -0.3 is 14.8 Å². The van der Waals surface area contributed by atoms with Crippen molar-refractivity contribution >= 4 is 11.7 Å². The molecule has 0 heterocycles. The van der Waals surface area contributed by atoms with E-state index < -0.39 is 6.10 Å². The van der Waals surface area contributed by atoms with E-state index in [4.69, 9.17) is 9.47 Å². The lowest BCUT2D eigenvalue weighted by Gasteiger charge is -2.15. The highest BCUT2D eigenvalue weighted by Gasteiger charge is 2.14. The van der Waals surface area contributed by atoms with Gasteiger partial charge in [0.05, 0.1) is 6.61 Å². The number of ketones is 1. The van der Waals surface area contributed by atoms with E-state index in [0.29, 0.717) is 24.5 Å². The van der Waals surface area contributed by atoms with E-state index in [0.717, 1.165) is 18.6 Å². The van der Waals surface area contributed by atoms with Crippen molar-refractivity contribution in [2.75, 3.05) is 13.2 Å². The van der Waals surface area contributed by atoms with Gasteiger partial charge in [-0.1, -0.05) is 18.2 Å². The molecule has 26 heavy (non-hydrogen) atoms. The molecule has 0 aliphatic heterocycles. The number of amides is 1. The van der Waals surface area contributed by atoms with Gasteiger partial charge in [0.15, 0.2) is 11.9 Å². The molecule has 138 valence electrons. The van der Waals surface area contributed by atoms with Gasteiger partial charge in [-0.05, 0) is 63.1 Å². The molecule has 2 rings (SSSR count). The second kappa shape index (κ2) is 10.2. The molecule has 0 saturated heterocycles. The van der Waals surface area contributed by atoms with Crippen LogP contribution in [0.2, 0.25) is 0 Å². The largest absolute Gasteiger partial charge is 0.494 e. The first kappa shape index (κ1) is 19.5. The predicted octanol–water partition coefficient (Wildman–Crippen LogP) is 3.63. The number of nitrogens with one attached hydrogen (secondary N) is 1. The monoisotopic (exact) mass is 355 g/mol. The number of benzene rings is 2. The molecule has 0 radical (unpaired) electrons. The maximum absolute atomic E-state index is 12.1. The molecule has 0 aromatic heterocycles. The molecule has 0 aliphatic rings. The summed E-state index contributed by atoms with van der Waals surface area (Å²) in [5.74, 6) is 1.26. The van der Waals surface area contributed by atoms with Crippen molar-refractivity contribution in [1.82, 2.24) is 5.32 Å². The number of carbonyl (C=O) groups excluding carboxylic acids is 2. The van der Waals surface area contributed by atoms with E-state index in [1.54, 1.807) is 31.2 Å². The summed E-state index contributed by atoms with van der Waals surface area (Å²) < 4.78 is 11.2. The molecule has 1 atom stereocenters. The molecule has 0 bridgehead atoms. The van der Waals surface area contributed by atoms with Gasteiger partial charge in [0, 0.05) is 12.1 Å². The molecule has 0 spiro atoms. The van der Waals surface area contributed by atoms with Crippen molar-refractivity contribution in [3.63, 3.8) is 0 Å². The lowest BCUT2D eigenvalue weighted by molar-refractivity contribution is -0.127. The maximum atomic E-state index is 12.1.